The van der Waals surface area contributed by atoms with Crippen LogP contribution in [0.25, 0.3) is 10.9 Å². The number of nitrogens with one attached hydrogen (secondary N) is 2. The lowest BCUT2D eigenvalue weighted by molar-refractivity contribution is -0.0907. The molecule has 2 aliphatic heterocycles. The molecule has 0 radical (unpaired) electrons. The zero-order chi connectivity index (χ0) is 32.8. The van der Waals surface area contributed by atoms with E-state index in [1.807, 2.05) is 51.1 Å². The second kappa shape index (κ2) is 14.9. The highest BCUT2D eigenvalue weighted by Crippen LogP contribution is 2.33. The maximum absolute atomic E-state index is 14.1. The predicted octanol–water partition coefficient (Wildman–Crippen LogP) is 3.81. The Kier molecular flexibility index (Phi) is 11.0. The normalized spacial score (nSPS) is 21.3. The number of hydrogen-bond acceptors (Lipinski definition) is 9. The number of hydrogen-bond donors (Lipinski definition) is 4. The molecule has 250 valence electrons. The highest BCUT2D eigenvalue weighted by molar-refractivity contribution is 7.89. The first-order valence-corrected chi connectivity index (χ1v) is 17.3. The minimum absolute atomic E-state index is 0.00713. The van der Waals surface area contributed by atoms with E-state index in [-0.39, 0.29) is 55.0 Å². The smallest absolute Gasteiger partial charge is 0.407 e. The first-order chi connectivity index (χ1) is 22.1. The Hall–Kier alpha value is -3.49. The number of aliphatic hydroxyl groups is 1. The summed E-state index contributed by atoms with van der Waals surface area (Å²) in [4.78, 5) is 20.3. The third-order valence-corrected chi connectivity index (χ3v) is 10.1. The molecule has 46 heavy (non-hydrogen) atoms. The van der Waals surface area contributed by atoms with Crippen molar-refractivity contribution in [1.29, 1.82) is 0 Å². The largest absolute Gasteiger partial charge is 0.494 e. The monoisotopic (exact) mass is 656 g/mol. The minimum Gasteiger partial charge on any atom is -0.494 e. The molecule has 3 heterocycles. The number of carbonyl (C=O) groups is 1. The van der Waals surface area contributed by atoms with Gasteiger partial charge in [-0.2, -0.15) is 4.31 Å². The van der Waals surface area contributed by atoms with Gasteiger partial charge in [0.2, 0.25) is 10.0 Å². The maximum Gasteiger partial charge on any atom is 0.407 e. The number of carbonyl (C=O) groups excluding carboxylic acids is 1. The van der Waals surface area contributed by atoms with Gasteiger partial charge in [0, 0.05) is 31.2 Å². The fraction of sp³-hybridized carbons (Fsp3) is 0.515. The minimum atomic E-state index is -4.11. The number of benzene rings is 2. The maximum atomic E-state index is 14.1. The van der Waals surface area contributed by atoms with Crippen LogP contribution in [0.1, 0.15) is 44.7 Å². The Morgan fingerprint density at radius 2 is 1.98 bits per heavy atom. The molecule has 3 aromatic rings. The SMILES string of the molecule is CCCN=Cc1c(O)[nH]c2cc(S(=O)(=O)N(CC(C)C)C[C@@H](O)[C@H](Cc3ccccc3)NC(=O)O[C@H]3CO[C@@H]4OCC[C@@H]43)ccc12. The van der Waals surface area contributed by atoms with Crippen LogP contribution in [0.3, 0.4) is 0 Å². The summed E-state index contributed by atoms with van der Waals surface area (Å²) in [6.07, 6.45) is 0.569. The van der Waals surface area contributed by atoms with Crippen LogP contribution in [0.4, 0.5) is 4.79 Å². The molecule has 1 aromatic heterocycles. The Labute approximate surface area is 269 Å². The van der Waals surface area contributed by atoms with Crippen molar-refractivity contribution in [3.05, 3.63) is 59.7 Å². The highest BCUT2D eigenvalue weighted by Gasteiger charge is 2.44. The quantitative estimate of drug-likeness (QED) is 0.191. The number of aliphatic hydroxyl groups excluding tert-OH is 1. The zero-order valence-corrected chi connectivity index (χ0v) is 27.3. The molecule has 2 saturated heterocycles. The lowest BCUT2D eigenvalue weighted by atomic mass is 10.0. The molecular weight excluding hydrogens is 612 g/mol. The Bertz CT molecular complexity index is 1610. The van der Waals surface area contributed by atoms with E-state index >= 15 is 0 Å². The number of amides is 1. The predicted molar refractivity (Wildman–Crippen MR) is 173 cm³/mol. The van der Waals surface area contributed by atoms with E-state index in [9.17, 15) is 23.4 Å². The van der Waals surface area contributed by atoms with Crippen molar-refractivity contribution in [1.82, 2.24) is 14.6 Å². The number of nitrogens with zero attached hydrogens (tertiary/aromatic N) is 2. The molecule has 4 N–H and O–H groups in total. The number of ether oxygens (including phenoxy) is 3. The number of aromatic nitrogens is 1. The lowest BCUT2D eigenvalue weighted by Gasteiger charge is -2.31. The summed E-state index contributed by atoms with van der Waals surface area (Å²) in [5.74, 6) is -0.203. The Morgan fingerprint density at radius 1 is 1.20 bits per heavy atom. The van der Waals surface area contributed by atoms with Crippen LogP contribution in [0.5, 0.6) is 5.88 Å². The van der Waals surface area contributed by atoms with Gasteiger partial charge in [0.1, 0.15) is 6.10 Å². The number of alkyl carbamates (subject to hydrolysis) is 1. The average Bonchev–Trinajstić information content (AvgIpc) is 3.72. The van der Waals surface area contributed by atoms with Crippen LogP contribution >= 0.6 is 0 Å². The highest BCUT2D eigenvalue weighted by atomic mass is 32.2. The van der Waals surface area contributed by atoms with Crippen LogP contribution in [0, 0.1) is 11.8 Å². The summed E-state index contributed by atoms with van der Waals surface area (Å²) < 4.78 is 46.2. The van der Waals surface area contributed by atoms with Gasteiger partial charge in [0.25, 0.3) is 0 Å². The molecule has 0 aliphatic carbocycles. The fourth-order valence-electron chi connectivity index (χ4n) is 5.94. The number of aromatic amines is 1. The fourth-order valence-corrected chi connectivity index (χ4v) is 7.59. The van der Waals surface area contributed by atoms with Crippen molar-refractivity contribution < 1.29 is 37.6 Å². The molecule has 2 aliphatic rings. The number of rotatable bonds is 14. The van der Waals surface area contributed by atoms with Crippen LogP contribution in [0.2, 0.25) is 0 Å². The second-order valence-corrected chi connectivity index (χ2v) is 14.3. The molecule has 0 spiro atoms. The molecule has 0 bridgehead atoms. The van der Waals surface area contributed by atoms with Crippen molar-refractivity contribution >= 4 is 33.2 Å². The summed E-state index contributed by atoms with van der Waals surface area (Å²) in [5, 5.41) is 25.5. The van der Waals surface area contributed by atoms with E-state index in [2.05, 4.69) is 15.3 Å². The number of H-pyrrole nitrogens is 1. The number of aliphatic imine (C=N–C) groups is 1. The Morgan fingerprint density at radius 3 is 2.72 bits per heavy atom. The molecule has 5 atom stereocenters. The second-order valence-electron chi connectivity index (χ2n) is 12.3. The van der Waals surface area contributed by atoms with Crippen LogP contribution < -0.4 is 5.32 Å². The first-order valence-electron chi connectivity index (χ1n) is 15.8. The number of sulfonamides is 1. The molecule has 2 aromatic carbocycles. The summed E-state index contributed by atoms with van der Waals surface area (Å²) >= 11 is 0. The van der Waals surface area contributed by atoms with Gasteiger partial charge in [-0.3, -0.25) is 4.99 Å². The molecule has 5 rings (SSSR count). The van der Waals surface area contributed by atoms with Gasteiger partial charge in [0.15, 0.2) is 12.2 Å². The molecule has 0 saturated carbocycles. The topological polar surface area (TPSA) is 163 Å². The van der Waals surface area contributed by atoms with Gasteiger partial charge in [0.05, 0.1) is 47.3 Å². The van der Waals surface area contributed by atoms with Crippen molar-refractivity contribution in [3.8, 4) is 5.88 Å². The summed E-state index contributed by atoms with van der Waals surface area (Å²) in [6, 6.07) is 13.1. The number of fused-ring (bicyclic) bond motifs is 2. The van der Waals surface area contributed by atoms with E-state index in [0.29, 0.717) is 29.6 Å². The Balaban J connectivity index is 1.36. The van der Waals surface area contributed by atoms with Crippen LogP contribution in [-0.2, 0) is 30.7 Å². The third kappa shape index (κ3) is 7.89. The van der Waals surface area contributed by atoms with Gasteiger partial charge in [-0.1, -0.05) is 57.2 Å². The van der Waals surface area contributed by atoms with E-state index < -0.39 is 34.4 Å². The first kappa shape index (κ1) is 33.9. The van der Waals surface area contributed by atoms with Gasteiger partial charge >= 0.3 is 6.09 Å². The van der Waals surface area contributed by atoms with Crippen molar-refractivity contribution in [3.63, 3.8) is 0 Å². The molecule has 1 amide bonds. The van der Waals surface area contributed by atoms with Crippen molar-refractivity contribution in [2.45, 2.75) is 69.5 Å². The molecule has 12 nitrogen and oxygen atoms in total. The van der Waals surface area contributed by atoms with Gasteiger partial charge < -0.3 is 34.7 Å². The van der Waals surface area contributed by atoms with E-state index in [1.165, 1.54) is 16.4 Å². The molecule has 0 unspecified atom stereocenters. The summed E-state index contributed by atoms with van der Waals surface area (Å²) in [5.41, 5.74) is 1.79. The third-order valence-electron chi connectivity index (χ3n) is 8.27. The standard InChI is InChI=1S/C33H44N4O8S/c1-4-13-34-17-26-24-11-10-23(16-27(24)35-31(26)39)46(41,42)37(18-21(2)3)19-29(38)28(15-22-8-6-5-7-9-22)36-33(40)45-30-20-44-32-25(30)12-14-43-32/h5-11,16-17,21,25,28-30,32,35,38-39H,4,12-15,18-20H2,1-3H3,(H,36,40)/t25-,28+,29-,30+,32+/m1/s1. The van der Waals surface area contributed by atoms with Gasteiger partial charge in [-0.15, -0.1) is 0 Å². The van der Waals surface area contributed by atoms with E-state index in [0.717, 1.165) is 18.4 Å². The summed E-state index contributed by atoms with van der Waals surface area (Å²) in [7, 11) is -4.11. The van der Waals surface area contributed by atoms with Crippen molar-refractivity contribution in [2.24, 2.45) is 16.8 Å². The number of aromatic hydroxyl groups is 1. The van der Waals surface area contributed by atoms with E-state index in [4.69, 9.17) is 14.2 Å². The van der Waals surface area contributed by atoms with Gasteiger partial charge in [-0.25, -0.2) is 13.2 Å². The zero-order valence-electron chi connectivity index (χ0n) is 26.5. The molecule has 2 fully saturated rings. The summed E-state index contributed by atoms with van der Waals surface area (Å²) in [6.45, 7) is 7.02. The van der Waals surface area contributed by atoms with Crippen LogP contribution in [0.15, 0.2) is 58.4 Å². The average molecular weight is 657 g/mol. The van der Waals surface area contributed by atoms with Gasteiger partial charge in [-0.05, 0) is 42.9 Å². The lowest BCUT2D eigenvalue weighted by Crippen LogP contribution is -2.51. The van der Waals surface area contributed by atoms with E-state index in [1.54, 1.807) is 12.3 Å². The molecular formula is C33H44N4O8S. The van der Waals surface area contributed by atoms with Crippen LogP contribution in [-0.4, -0.2) is 97.6 Å². The molecule has 13 heteroatoms. The van der Waals surface area contributed by atoms with Crippen molar-refractivity contribution in [2.75, 3.05) is 32.8 Å².